The van der Waals surface area contributed by atoms with Gasteiger partial charge < -0.3 is 9.53 Å². The Morgan fingerprint density at radius 2 is 1.79 bits per heavy atom. The zero-order valence-corrected chi connectivity index (χ0v) is 19.9. The van der Waals surface area contributed by atoms with Gasteiger partial charge in [-0.25, -0.2) is 0 Å². The fourth-order valence-electron chi connectivity index (χ4n) is 4.84. The minimum absolute atomic E-state index is 0.182. The maximum absolute atomic E-state index is 12.2. The summed E-state index contributed by atoms with van der Waals surface area (Å²) >= 11 is 0. The summed E-state index contributed by atoms with van der Waals surface area (Å²) in [4.78, 5) is 14.5. The van der Waals surface area contributed by atoms with Crippen molar-refractivity contribution in [1.29, 1.82) is 0 Å². The molecule has 1 aliphatic carbocycles. The van der Waals surface area contributed by atoms with Crippen molar-refractivity contribution in [3.63, 3.8) is 0 Å². The molecule has 162 valence electrons. The molecule has 0 bridgehead atoms. The van der Waals surface area contributed by atoms with E-state index in [-0.39, 0.29) is 11.1 Å². The number of nitrogens with zero attached hydrogens (tertiary/aromatic N) is 1. The molecular formula is C24H39NO3Si. The van der Waals surface area contributed by atoms with Gasteiger partial charge >= 0.3 is 5.97 Å². The Morgan fingerprint density at radius 3 is 2.34 bits per heavy atom. The molecule has 1 heterocycles. The van der Waals surface area contributed by atoms with Crippen molar-refractivity contribution in [2.75, 3.05) is 19.7 Å². The maximum Gasteiger partial charge on any atom is 0.321 e. The van der Waals surface area contributed by atoms with Gasteiger partial charge in [-0.2, -0.15) is 0 Å². The molecule has 2 aliphatic rings. The van der Waals surface area contributed by atoms with E-state index in [1.807, 2.05) is 0 Å². The Kier molecular flexibility index (Phi) is 6.91. The smallest absolute Gasteiger partial charge is 0.321 e. The first-order valence-electron chi connectivity index (χ1n) is 11.3. The van der Waals surface area contributed by atoms with Gasteiger partial charge in [-0.05, 0) is 42.5 Å². The summed E-state index contributed by atoms with van der Waals surface area (Å²) in [5.74, 6) is 0.331. The fourth-order valence-corrected chi connectivity index (χ4v) is 5.90. The summed E-state index contributed by atoms with van der Waals surface area (Å²) in [6.45, 7) is 13.8. The molecule has 0 aromatic heterocycles. The predicted molar refractivity (Wildman–Crippen MR) is 121 cm³/mol. The van der Waals surface area contributed by atoms with E-state index < -0.39 is 14.3 Å². The second-order valence-electron chi connectivity index (χ2n) is 10.6. The van der Waals surface area contributed by atoms with Crippen LogP contribution < -0.4 is 0 Å². The third kappa shape index (κ3) is 5.12. The quantitative estimate of drug-likeness (QED) is 0.606. The van der Waals surface area contributed by atoms with Gasteiger partial charge in [0.05, 0.1) is 0 Å². The highest BCUT2D eigenvalue weighted by Gasteiger charge is 2.44. The topological polar surface area (TPSA) is 49.8 Å². The molecule has 5 heteroatoms. The van der Waals surface area contributed by atoms with Crippen molar-refractivity contribution in [2.45, 2.75) is 76.5 Å². The third-order valence-electron chi connectivity index (χ3n) is 7.65. The Morgan fingerprint density at radius 1 is 1.17 bits per heavy atom. The lowest BCUT2D eigenvalue weighted by molar-refractivity contribution is -0.145. The summed E-state index contributed by atoms with van der Waals surface area (Å²) in [6, 6.07) is 10.3. The highest BCUT2D eigenvalue weighted by atomic mass is 28.4. The van der Waals surface area contributed by atoms with Crippen LogP contribution in [0.1, 0.15) is 57.9 Å². The van der Waals surface area contributed by atoms with Gasteiger partial charge in [0.25, 0.3) is 0 Å². The molecule has 1 aromatic rings. The first-order valence-corrected chi connectivity index (χ1v) is 14.2. The number of hydrogen-bond acceptors (Lipinski definition) is 3. The Bertz CT molecular complexity index is 679. The summed E-state index contributed by atoms with van der Waals surface area (Å²) in [7, 11) is -1.83. The second-order valence-corrected chi connectivity index (χ2v) is 15.4. The highest BCUT2D eigenvalue weighted by molar-refractivity contribution is 6.74. The van der Waals surface area contributed by atoms with Crippen molar-refractivity contribution >= 4 is 14.3 Å². The van der Waals surface area contributed by atoms with Crippen LogP contribution in [0.15, 0.2) is 30.3 Å². The highest BCUT2D eigenvalue weighted by Crippen LogP contribution is 2.41. The van der Waals surface area contributed by atoms with Gasteiger partial charge in [0.1, 0.15) is 6.04 Å². The molecule has 3 atom stereocenters. The number of carbonyl (C=O) groups is 1. The van der Waals surface area contributed by atoms with Crippen molar-refractivity contribution in [3.8, 4) is 0 Å². The van der Waals surface area contributed by atoms with E-state index in [4.69, 9.17) is 4.43 Å². The lowest BCUT2D eigenvalue weighted by Gasteiger charge is -2.37. The summed E-state index contributed by atoms with van der Waals surface area (Å²) in [5.41, 5.74) is 1.31. The van der Waals surface area contributed by atoms with Gasteiger partial charge in [0, 0.05) is 31.5 Å². The maximum atomic E-state index is 12.2. The standard InChI is InChI=1S/C24H39NO3Si/c1-24(2,3)29(4,5)28-17-20-15-25(16-21(20)18-11-7-6-8-12-18)22(23(26)27)19-13-9-10-14-19/h6-8,11-12,19-22H,9-10,13-17H2,1-5H3,(H,26,27). The summed E-state index contributed by atoms with van der Waals surface area (Å²) in [6.07, 6.45) is 4.44. The van der Waals surface area contributed by atoms with E-state index in [1.54, 1.807) is 0 Å². The van der Waals surface area contributed by atoms with Crippen LogP contribution in [0.2, 0.25) is 18.1 Å². The number of benzene rings is 1. The number of likely N-dealkylation sites (tertiary alicyclic amines) is 1. The molecule has 0 radical (unpaired) electrons. The predicted octanol–water partition coefficient (Wildman–Crippen LogP) is 5.37. The first-order chi connectivity index (χ1) is 13.6. The molecule has 2 fully saturated rings. The van der Waals surface area contributed by atoms with Gasteiger partial charge in [-0.15, -0.1) is 0 Å². The zero-order chi connectivity index (χ0) is 21.2. The van der Waals surface area contributed by atoms with Crippen LogP contribution >= 0.6 is 0 Å². The van der Waals surface area contributed by atoms with Gasteiger partial charge in [0.15, 0.2) is 8.32 Å². The van der Waals surface area contributed by atoms with Crippen LogP contribution in [0.3, 0.4) is 0 Å². The number of rotatable bonds is 7. The number of carboxylic acid groups (broad SMARTS) is 1. The van der Waals surface area contributed by atoms with Gasteiger partial charge in [-0.3, -0.25) is 9.69 Å². The normalized spacial score (nSPS) is 25.4. The number of carboxylic acids is 1. The second kappa shape index (κ2) is 8.91. The third-order valence-corrected chi connectivity index (χ3v) is 12.2. The van der Waals surface area contributed by atoms with E-state index in [9.17, 15) is 9.90 Å². The van der Waals surface area contributed by atoms with E-state index in [2.05, 4.69) is 69.1 Å². The van der Waals surface area contributed by atoms with Crippen LogP contribution in [0.4, 0.5) is 0 Å². The fraction of sp³-hybridized carbons (Fsp3) is 0.708. The van der Waals surface area contributed by atoms with Crippen molar-refractivity contribution < 1.29 is 14.3 Å². The molecular weight excluding hydrogens is 378 g/mol. The van der Waals surface area contributed by atoms with Crippen LogP contribution in [0.5, 0.6) is 0 Å². The van der Waals surface area contributed by atoms with Crippen molar-refractivity contribution in [1.82, 2.24) is 4.90 Å². The van der Waals surface area contributed by atoms with Crippen LogP contribution in [-0.2, 0) is 9.22 Å². The van der Waals surface area contributed by atoms with Crippen LogP contribution in [0.25, 0.3) is 0 Å². The molecule has 3 unspecified atom stereocenters. The molecule has 1 aliphatic heterocycles. The average Bonchev–Trinajstić information content (AvgIpc) is 3.30. The summed E-state index contributed by atoms with van der Waals surface area (Å²) in [5, 5.41) is 10.2. The first kappa shape index (κ1) is 22.5. The largest absolute Gasteiger partial charge is 0.480 e. The van der Waals surface area contributed by atoms with Crippen LogP contribution in [0, 0.1) is 11.8 Å². The Hall–Kier alpha value is -1.17. The number of hydrogen-bond donors (Lipinski definition) is 1. The minimum Gasteiger partial charge on any atom is -0.480 e. The lowest BCUT2D eigenvalue weighted by atomic mass is 9.90. The van der Waals surface area contributed by atoms with E-state index in [0.29, 0.717) is 17.8 Å². The molecule has 1 N–H and O–H groups in total. The lowest BCUT2D eigenvalue weighted by Crippen LogP contribution is -2.45. The molecule has 1 saturated carbocycles. The molecule has 1 saturated heterocycles. The molecule has 0 amide bonds. The zero-order valence-electron chi connectivity index (χ0n) is 18.9. The molecule has 3 rings (SSSR count). The van der Waals surface area contributed by atoms with Gasteiger partial charge in [0.2, 0.25) is 0 Å². The monoisotopic (exact) mass is 417 g/mol. The van der Waals surface area contributed by atoms with Crippen molar-refractivity contribution in [2.24, 2.45) is 11.8 Å². The number of aliphatic carboxylic acids is 1. The summed E-state index contributed by atoms with van der Waals surface area (Å²) < 4.78 is 6.61. The Balaban J connectivity index is 1.79. The molecule has 1 aromatic carbocycles. The van der Waals surface area contributed by atoms with E-state index >= 15 is 0 Å². The van der Waals surface area contributed by atoms with E-state index in [0.717, 1.165) is 32.5 Å². The molecule has 4 nitrogen and oxygen atoms in total. The molecule has 0 spiro atoms. The minimum atomic E-state index is -1.83. The van der Waals surface area contributed by atoms with Crippen molar-refractivity contribution in [3.05, 3.63) is 35.9 Å². The van der Waals surface area contributed by atoms with Gasteiger partial charge in [-0.1, -0.05) is 63.9 Å². The SMILES string of the molecule is CC(C)(C)[Si](C)(C)OCC1CN(C(C(=O)O)C2CCCC2)CC1c1ccccc1. The van der Waals surface area contributed by atoms with E-state index in [1.165, 1.54) is 18.4 Å². The molecule has 29 heavy (non-hydrogen) atoms. The van der Waals surface area contributed by atoms with Crippen LogP contribution in [-0.4, -0.2) is 50.0 Å². The average molecular weight is 418 g/mol. The Labute approximate surface area is 177 Å².